The number of hydrogen-bond donors (Lipinski definition) is 1. The van der Waals surface area contributed by atoms with Crippen LogP contribution in [0, 0.1) is 6.92 Å². The highest BCUT2D eigenvalue weighted by Crippen LogP contribution is 2.15. The van der Waals surface area contributed by atoms with Crippen molar-refractivity contribution in [3.63, 3.8) is 0 Å². The summed E-state index contributed by atoms with van der Waals surface area (Å²) in [6, 6.07) is 6.98. The topological polar surface area (TPSA) is 73.3 Å². The van der Waals surface area contributed by atoms with E-state index in [2.05, 4.69) is 0 Å². The number of Topliss-reactive ketones (excluding diaryl/α,β-unsaturated/α-hetero) is 1. The Morgan fingerprint density at radius 3 is 2.81 bits per heavy atom. The van der Waals surface area contributed by atoms with Gasteiger partial charge >= 0.3 is 5.63 Å². The highest BCUT2D eigenvalue weighted by molar-refractivity contribution is 5.99. The Morgan fingerprint density at radius 1 is 1.38 bits per heavy atom. The molecule has 0 atom stereocenters. The normalized spacial score (nSPS) is 10.6. The quantitative estimate of drug-likeness (QED) is 0.606. The van der Waals surface area contributed by atoms with Crippen LogP contribution in [0.4, 0.5) is 0 Å². The highest BCUT2D eigenvalue weighted by atomic mass is 16.4. The van der Waals surface area contributed by atoms with Crippen LogP contribution in [0.1, 0.15) is 15.9 Å². The van der Waals surface area contributed by atoms with Gasteiger partial charge in [0.15, 0.2) is 5.78 Å². The Morgan fingerprint density at radius 2 is 2.12 bits per heavy atom. The van der Waals surface area contributed by atoms with Gasteiger partial charge in [0.05, 0.1) is 6.54 Å². The number of ketones is 1. The number of fused-ring (bicyclic) bond motifs is 1. The molecule has 0 aliphatic carbocycles. The van der Waals surface area contributed by atoms with Gasteiger partial charge < -0.3 is 10.2 Å². The van der Waals surface area contributed by atoms with Crippen molar-refractivity contribution in [2.24, 2.45) is 5.73 Å². The van der Waals surface area contributed by atoms with Crippen LogP contribution in [-0.4, -0.2) is 12.3 Å². The molecule has 0 saturated carbocycles. The van der Waals surface area contributed by atoms with Crippen LogP contribution in [0.5, 0.6) is 0 Å². The van der Waals surface area contributed by atoms with E-state index < -0.39 is 11.4 Å². The van der Waals surface area contributed by atoms with E-state index in [1.807, 2.05) is 13.0 Å². The first-order valence-corrected chi connectivity index (χ1v) is 4.89. The van der Waals surface area contributed by atoms with E-state index >= 15 is 0 Å². The maximum Gasteiger partial charge on any atom is 0.347 e. The first-order chi connectivity index (χ1) is 7.61. The number of rotatable bonds is 2. The number of hydrogen-bond acceptors (Lipinski definition) is 4. The molecule has 1 heterocycles. The minimum Gasteiger partial charge on any atom is -0.422 e. The molecule has 0 unspecified atom stereocenters. The molecule has 82 valence electrons. The second-order valence-electron chi connectivity index (χ2n) is 3.62. The first-order valence-electron chi connectivity index (χ1n) is 4.89. The lowest BCUT2D eigenvalue weighted by atomic mass is 10.1. The van der Waals surface area contributed by atoms with Crippen molar-refractivity contribution in [1.29, 1.82) is 0 Å². The van der Waals surface area contributed by atoms with Gasteiger partial charge in [0.1, 0.15) is 11.1 Å². The monoisotopic (exact) mass is 217 g/mol. The zero-order valence-corrected chi connectivity index (χ0v) is 8.82. The molecule has 0 amide bonds. The highest BCUT2D eigenvalue weighted by Gasteiger charge is 2.11. The summed E-state index contributed by atoms with van der Waals surface area (Å²) in [5.41, 5.74) is 6.07. The van der Waals surface area contributed by atoms with Crippen molar-refractivity contribution in [3.8, 4) is 0 Å². The molecule has 4 nitrogen and oxygen atoms in total. The third-order valence-electron chi connectivity index (χ3n) is 2.38. The van der Waals surface area contributed by atoms with E-state index in [-0.39, 0.29) is 12.1 Å². The molecule has 2 aromatic rings. The van der Waals surface area contributed by atoms with Crippen molar-refractivity contribution >= 4 is 16.8 Å². The predicted molar refractivity (Wildman–Crippen MR) is 60.6 cm³/mol. The van der Waals surface area contributed by atoms with Crippen molar-refractivity contribution in [3.05, 3.63) is 45.8 Å². The minimum absolute atomic E-state index is 0.0128. The average Bonchev–Trinajstić information content (AvgIpc) is 2.27. The van der Waals surface area contributed by atoms with E-state index in [4.69, 9.17) is 10.2 Å². The Balaban J connectivity index is 2.72. The molecular weight excluding hydrogens is 206 g/mol. The van der Waals surface area contributed by atoms with Gasteiger partial charge in [-0.3, -0.25) is 4.79 Å². The van der Waals surface area contributed by atoms with E-state index in [0.29, 0.717) is 5.58 Å². The second kappa shape index (κ2) is 3.90. The van der Waals surface area contributed by atoms with Crippen molar-refractivity contribution < 1.29 is 9.21 Å². The summed E-state index contributed by atoms with van der Waals surface area (Å²) < 4.78 is 5.06. The first kappa shape index (κ1) is 10.6. The molecule has 0 aliphatic heterocycles. The predicted octanol–water partition coefficient (Wildman–Crippen LogP) is 1.24. The van der Waals surface area contributed by atoms with Gasteiger partial charge in [0.2, 0.25) is 0 Å². The second-order valence-corrected chi connectivity index (χ2v) is 3.62. The number of aryl methyl sites for hydroxylation is 1. The summed E-state index contributed by atoms with van der Waals surface area (Å²) in [7, 11) is 0. The van der Waals surface area contributed by atoms with Crippen LogP contribution >= 0.6 is 0 Å². The van der Waals surface area contributed by atoms with Crippen LogP contribution in [0.2, 0.25) is 0 Å². The molecule has 2 N–H and O–H groups in total. The van der Waals surface area contributed by atoms with Gasteiger partial charge in [-0.1, -0.05) is 12.1 Å². The number of benzene rings is 1. The third-order valence-corrected chi connectivity index (χ3v) is 2.38. The summed E-state index contributed by atoms with van der Waals surface area (Å²) in [5.74, 6) is -0.406. The van der Waals surface area contributed by atoms with Crippen LogP contribution < -0.4 is 11.4 Å². The Kier molecular flexibility index (Phi) is 2.58. The van der Waals surface area contributed by atoms with Crippen LogP contribution in [-0.2, 0) is 0 Å². The zero-order valence-electron chi connectivity index (χ0n) is 8.82. The Labute approximate surface area is 91.7 Å². The lowest BCUT2D eigenvalue weighted by Crippen LogP contribution is -2.21. The summed E-state index contributed by atoms with van der Waals surface area (Å²) in [4.78, 5) is 22.9. The number of nitrogens with two attached hydrogens (primary N) is 1. The molecule has 4 heteroatoms. The smallest absolute Gasteiger partial charge is 0.347 e. The summed E-state index contributed by atoms with van der Waals surface area (Å²) in [6.45, 7) is 1.71. The molecule has 0 saturated heterocycles. The lowest BCUT2D eigenvalue weighted by molar-refractivity contribution is 0.0998. The van der Waals surface area contributed by atoms with E-state index in [9.17, 15) is 9.59 Å². The molecule has 0 fully saturated rings. The molecule has 1 aromatic heterocycles. The van der Waals surface area contributed by atoms with Gasteiger partial charge in [-0.2, -0.15) is 0 Å². The SMILES string of the molecule is Cc1ccc2cc(C(=O)CN)c(=O)oc2c1. The molecule has 0 bridgehead atoms. The van der Waals surface area contributed by atoms with E-state index in [1.54, 1.807) is 12.1 Å². The average molecular weight is 217 g/mol. The van der Waals surface area contributed by atoms with Crippen molar-refractivity contribution in [2.45, 2.75) is 6.92 Å². The summed E-state index contributed by atoms with van der Waals surface area (Å²) in [5, 5.41) is 0.724. The number of carbonyl (C=O) groups excluding carboxylic acids is 1. The van der Waals surface area contributed by atoms with Gasteiger partial charge in [-0.05, 0) is 24.6 Å². The van der Waals surface area contributed by atoms with Gasteiger partial charge in [-0.25, -0.2) is 4.79 Å². The third kappa shape index (κ3) is 1.75. The van der Waals surface area contributed by atoms with Gasteiger partial charge in [0, 0.05) is 5.39 Å². The van der Waals surface area contributed by atoms with Crippen LogP contribution in [0.25, 0.3) is 11.0 Å². The lowest BCUT2D eigenvalue weighted by Gasteiger charge is -2.00. The fourth-order valence-electron chi connectivity index (χ4n) is 1.52. The fraction of sp³-hybridized carbons (Fsp3) is 0.167. The largest absolute Gasteiger partial charge is 0.422 e. The number of carbonyl (C=O) groups is 1. The molecule has 1 aromatic carbocycles. The summed E-state index contributed by atoms with van der Waals surface area (Å²) in [6.07, 6.45) is 0. The van der Waals surface area contributed by atoms with Crippen LogP contribution in [0.3, 0.4) is 0 Å². The molecule has 0 radical (unpaired) electrons. The molecule has 0 aliphatic rings. The zero-order chi connectivity index (χ0) is 11.7. The van der Waals surface area contributed by atoms with Gasteiger partial charge in [0.25, 0.3) is 0 Å². The Bertz CT molecular complexity index is 613. The molecule has 0 spiro atoms. The van der Waals surface area contributed by atoms with Crippen molar-refractivity contribution in [1.82, 2.24) is 0 Å². The van der Waals surface area contributed by atoms with E-state index in [1.165, 1.54) is 6.07 Å². The summed E-state index contributed by atoms with van der Waals surface area (Å²) >= 11 is 0. The molecule has 2 rings (SSSR count). The van der Waals surface area contributed by atoms with E-state index in [0.717, 1.165) is 10.9 Å². The molecule has 16 heavy (non-hydrogen) atoms. The minimum atomic E-state index is -0.631. The fourth-order valence-corrected chi connectivity index (χ4v) is 1.52. The van der Waals surface area contributed by atoms with Gasteiger partial charge in [-0.15, -0.1) is 0 Å². The van der Waals surface area contributed by atoms with Crippen LogP contribution in [0.15, 0.2) is 33.5 Å². The maximum absolute atomic E-state index is 11.5. The Hall–Kier alpha value is -1.94. The van der Waals surface area contributed by atoms with Crippen molar-refractivity contribution in [2.75, 3.05) is 6.54 Å². The molecular formula is C12H11NO3. The standard InChI is InChI=1S/C12H11NO3/c1-7-2-3-8-5-9(10(14)6-13)12(15)16-11(8)4-7/h2-5H,6,13H2,1H3. The maximum atomic E-state index is 11.5.